The van der Waals surface area contributed by atoms with E-state index >= 15 is 0 Å². The summed E-state index contributed by atoms with van der Waals surface area (Å²) in [5.41, 5.74) is 7.37. The van der Waals surface area contributed by atoms with Crippen LogP contribution in [0, 0.1) is 0 Å². The molecular formula is C12H21N3S. The van der Waals surface area contributed by atoms with Crippen LogP contribution in [-0.2, 0) is 7.05 Å². The molecule has 1 aliphatic rings. The molecule has 3 nitrogen and oxygen atoms in total. The molecule has 16 heavy (non-hydrogen) atoms. The van der Waals surface area contributed by atoms with Crippen LogP contribution in [0.3, 0.4) is 0 Å². The lowest BCUT2D eigenvalue weighted by Crippen LogP contribution is -2.23. The number of nitrogens with zero attached hydrogens (tertiary/aromatic N) is 2. The lowest BCUT2D eigenvalue weighted by atomic mass is 10.1. The smallest absolute Gasteiger partial charge is 0.0533 e. The predicted molar refractivity (Wildman–Crippen MR) is 69.4 cm³/mol. The third kappa shape index (κ3) is 2.80. The number of nitrogens with two attached hydrogens (primary N) is 1. The fraction of sp³-hybridized carbons (Fsp3) is 0.750. The van der Waals surface area contributed by atoms with Gasteiger partial charge >= 0.3 is 0 Å². The Morgan fingerprint density at radius 2 is 2.19 bits per heavy atom. The molecule has 0 aliphatic heterocycles. The largest absolute Gasteiger partial charge is 0.327 e. The fourth-order valence-corrected chi connectivity index (χ4v) is 3.87. The van der Waals surface area contributed by atoms with E-state index in [2.05, 4.69) is 18.2 Å². The summed E-state index contributed by atoms with van der Waals surface area (Å²) in [7, 11) is 1.96. The molecule has 1 aromatic rings. The molecule has 0 spiro atoms. The molecule has 2 N–H and O–H groups in total. The molecule has 2 unspecified atom stereocenters. The van der Waals surface area contributed by atoms with Gasteiger partial charge in [-0.15, -0.1) is 11.8 Å². The summed E-state index contributed by atoms with van der Waals surface area (Å²) in [6.07, 6.45) is 9.53. The van der Waals surface area contributed by atoms with Gasteiger partial charge in [0.1, 0.15) is 0 Å². The molecule has 1 heterocycles. The van der Waals surface area contributed by atoms with Crippen LogP contribution in [0.4, 0.5) is 0 Å². The maximum Gasteiger partial charge on any atom is 0.0533 e. The molecule has 0 saturated heterocycles. The van der Waals surface area contributed by atoms with Crippen LogP contribution in [0.2, 0.25) is 0 Å². The average molecular weight is 239 g/mol. The molecule has 2 atom stereocenters. The number of aromatic nitrogens is 2. The second-order valence-electron chi connectivity index (χ2n) is 4.77. The first-order valence-electron chi connectivity index (χ1n) is 6.06. The number of thioether (sulfide) groups is 1. The van der Waals surface area contributed by atoms with Crippen LogP contribution in [0.1, 0.15) is 43.4 Å². The van der Waals surface area contributed by atoms with Gasteiger partial charge in [0.2, 0.25) is 0 Å². The van der Waals surface area contributed by atoms with E-state index in [-0.39, 0.29) is 6.04 Å². The summed E-state index contributed by atoms with van der Waals surface area (Å²) < 4.78 is 1.86. The van der Waals surface area contributed by atoms with Crippen molar-refractivity contribution in [3.8, 4) is 0 Å². The average Bonchev–Trinajstić information content (AvgIpc) is 2.84. The van der Waals surface area contributed by atoms with Crippen LogP contribution in [0.25, 0.3) is 0 Å². The number of hydrogen-bond acceptors (Lipinski definition) is 3. The van der Waals surface area contributed by atoms with E-state index in [1.54, 1.807) is 0 Å². The minimum absolute atomic E-state index is 0.190. The zero-order valence-electron chi connectivity index (χ0n) is 10.1. The summed E-state index contributed by atoms with van der Waals surface area (Å²) >= 11 is 2.05. The van der Waals surface area contributed by atoms with E-state index in [4.69, 9.17) is 5.73 Å². The maximum absolute atomic E-state index is 6.10. The highest BCUT2D eigenvalue weighted by molar-refractivity contribution is 8.00. The molecular weight excluding hydrogens is 218 g/mol. The van der Waals surface area contributed by atoms with Gasteiger partial charge in [0.15, 0.2) is 0 Å². The summed E-state index contributed by atoms with van der Waals surface area (Å²) in [6.45, 7) is 2.10. The Bertz CT molecular complexity index is 329. The van der Waals surface area contributed by atoms with E-state index in [1.807, 2.05) is 29.7 Å². The van der Waals surface area contributed by atoms with Gasteiger partial charge in [0.25, 0.3) is 0 Å². The second kappa shape index (κ2) is 5.23. The molecule has 90 valence electrons. The Hall–Kier alpha value is -0.480. The Morgan fingerprint density at radius 1 is 1.50 bits per heavy atom. The first kappa shape index (κ1) is 12.0. The highest BCUT2D eigenvalue weighted by atomic mass is 32.2. The summed E-state index contributed by atoms with van der Waals surface area (Å²) in [5.74, 6) is 0. The van der Waals surface area contributed by atoms with Gasteiger partial charge in [-0.25, -0.2) is 0 Å². The summed E-state index contributed by atoms with van der Waals surface area (Å²) in [6, 6.07) is 0.190. The summed E-state index contributed by atoms with van der Waals surface area (Å²) in [5, 5.41) is 5.44. The molecule has 4 heteroatoms. The Balaban J connectivity index is 2.04. The minimum atomic E-state index is 0.190. The standard InChI is InChI=1S/C12H21N3S/c1-9(13)12(10-7-14-15(2)8-10)16-11-5-3-4-6-11/h7-9,11-12H,3-6,13H2,1-2H3. The van der Waals surface area contributed by atoms with Crippen molar-refractivity contribution in [2.24, 2.45) is 12.8 Å². The lowest BCUT2D eigenvalue weighted by molar-refractivity contribution is 0.712. The highest BCUT2D eigenvalue weighted by Crippen LogP contribution is 2.40. The van der Waals surface area contributed by atoms with Crippen LogP contribution in [0.15, 0.2) is 12.4 Å². The van der Waals surface area contributed by atoms with Gasteiger partial charge in [-0.1, -0.05) is 12.8 Å². The minimum Gasteiger partial charge on any atom is -0.327 e. The lowest BCUT2D eigenvalue weighted by Gasteiger charge is -2.22. The fourth-order valence-electron chi connectivity index (χ4n) is 2.32. The maximum atomic E-state index is 6.10. The van der Waals surface area contributed by atoms with Crippen molar-refractivity contribution < 1.29 is 0 Å². The van der Waals surface area contributed by atoms with Crippen molar-refractivity contribution in [2.45, 2.75) is 49.1 Å². The molecule has 1 fully saturated rings. The Labute approximate surface area is 102 Å². The molecule has 0 aromatic carbocycles. The molecule has 0 amide bonds. The number of rotatable bonds is 4. The van der Waals surface area contributed by atoms with Crippen LogP contribution >= 0.6 is 11.8 Å². The van der Waals surface area contributed by atoms with E-state index in [0.717, 1.165) is 5.25 Å². The predicted octanol–water partition coefficient (Wildman–Crippen LogP) is 2.48. The second-order valence-corrected chi connectivity index (χ2v) is 6.22. The van der Waals surface area contributed by atoms with Crippen molar-refractivity contribution >= 4 is 11.8 Å². The molecule has 1 aliphatic carbocycles. The quantitative estimate of drug-likeness (QED) is 0.878. The Morgan fingerprint density at radius 3 is 2.69 bits per heavy atom. The normalized spacial score (nSPS) is 21.2. The number of aryl methyl sites for hydroxylation is 1. The van der Waals surface area contributed by atoms with Crippen LogP contribution < -0.4 is 5.73 Å². The van der Waals surface area contributed by atoms with Gasteiger partial charge in [0, 0.05) is 35.3 Å². The van der Waals surface area contributed by atoms with Crippen LogP contribution in [-0.4, -0.2) is 21.1 Å². The van der Waals surface area contributed by atoms with Gasteiger partial charge in [-0.05, 0) is 19.8 Å². The SMILES string of the molecule is CC(N)C(SC1CCCC1)c1cnn(C)c1. The molecule has 0 bridgehead atoms. The number of hydrogen-bond donors (Lipinski definition) is 1. The van der Waals surface area contributed by atoms with E-state index in [0.29, 0.717) is 5.25 Å². The summed E-state index contributed by atoms with van der Waals surface area (Å²) in [4.78, 5) is 0. The van der Waals surface area contributed by atoms with Crippen molar-refractivity contribution in [1.82, 2.24) is 9.78 Å². The van der Waals surface area contributed by atoms with Crippen molar-refractivity contribution in [2.75, 3.05) is 0 Å². The van der Waals surface area contributed by atoms with Crippen molar-refractivity contribution in [3.63, 3.8) is 0 Å². The van der Waals surface area contributed by atoms with Gasteiger partial charge in [0.05, 0.1) is 6.20 Å². The zero-order chi connectivity index (χ0) is 11.5. The first-order valence-corrected chi connectivity index (χ1v) is 7.00. The van der Waals surface area contributed by atoms with Gasteiger partial charge in [-0.2, -0.15) is 5.10 Å². The highest BCUT2D eigenvalue weighted by Gasteiger charge is 2.25. The third-order valence-electron chi connectivity index (χ3n) is 3.17. The van der Waals surface area contributed by atoms with E-state index in [1.165, 1.54) is 31.2 Å². The topological polar surface area (TPSA) is 43.8 Å². The molecule has 1 aromatic heterocycles. The van der Waals surface area contributed by atoms with E-state index < -0.39 is 0 Å². The monoisotopic (exact) mass is 239 g/mol. The van der Waals surface area contributed by atoms with Crippen molar-refractivity contribution in [3.05, 3.63) is 18.0 Å². The first-order chi connectivity index (χ1) is 7.66. The molecule has 0 radical (unpaired) electrons. The molecule has 1 saturated carbocycles. The van der Waals surface area contributed by atoms with Gasteiger partial charge in [-0.3, -0.25) is 4.68 Å². The van der Waals surface area contributed by atoms with Crippen molar-refractivity contribution in [1.29, 1.82) is 0 Å². The third-order valence-corrected chi connectivity index (χ3v) is 5.02. The Kier molecular flexibility index (Phi) is 3.92. The van der Waals surface area contributed by atoms with E-state index in [9.17, 15) is 0 Å². The zero-order valence-corrected chi connectivity index (χ0v) is 10.9. The van der Waals surface area contributed by atoms with Crippen LogP contribution in [0.5, 0.6) is 0 Å². The molecule has 2 rings (SSSR count). The van der Waals surface area contributed by atoms with Gasteiger partial charge < -0.3 is 5.73 Å².